The van der Waals surface area contributed by atoms with Gasteiger partial charge in [0.2, 0.25) is 5.91 Å². The second-order valence-corrected chi connectivity index (χ2v) is 5.18. The quantitative estimate of drug-likeness (QED) is 0.881. The van der Waals surface area contributed by atoms with Crippen LogP contribution in [0.3, 0.4) is 0 Å². The summed E-state index contributed by atoms with van der Waals surface area (Å²) in [6.45, 7) is 0. The fourth-order valence-electron chi connectivity index (χ4n) is 2.53. The van der Waals surface area contributed by atoms with E-state index < -0.39 is 11.9 Å². The van der Waals surface area contributed by atoms with E-state index in [0.717, 1.165) is 4.90 Å². The summed E-state index contributed by atoms with van der Waals surface area (Å²) in [6.07, 6.45) is 0.0291. The van der Waals surface area contributed by atoms with Crippen LogP contribution in [0.2, 0.25) is 0 Å². The van der Waals surface area contributed by atoms with Gasteiger partial charge in [-0.15, -0.1) is 0 Å². The Morgan fingerprint density at radius 3 is 2.57 bits per heavy atom. The van der Waals surface area contributed by atoms with Crippen molar-refractivity contribution in [3.63, 3.8) is 0 Å². The van der Waals surface area contributed by atoms with E-state index in [1.165, 1.54) is 12.1 Å². The van der Waals surface area contributed by atoms with E-state index >= 15 is 0 Å². The summed E-state index contributed by atoms with van der Waals surface area (Å²) < 4.78 is 18.3. The topological polar surface area (TPSA) is 58.6 Å². The number of carbonyl (C=O) groups is 2. The number of methoxy groups -OCH3 is 1. The third kappa shape index (κ3) is 3.01. The molecule has 2 amide bonds. The van der Waals surface area contributed by atoms with Crippen molar-refractivity contribution in [2.24, 2.45) is 0 Å². The highest BCUT2D eigenvalue weighted by atomic mass is 19.1. The van der Waals surface area contributed by atoms with Gasteiger partial charge in [-0.1, -0.05) is 6.07 Å². The summed E-state index contributed by atoms with van der Waals surface area (Å²) in [7, 11) is 1.54. The summed E-state index contributed by atoms with van der Waals surface area (Å²) in [4.78, 5) is 25.8. The molecule has 1 N–H and O–H groups in total. The molecule has 1 fully saturated rings. The molecule has 1 atom stereocenters. The number of hydrogen-bond acceptors (Lipinski definition) is 4. The van der Waals surface area contributed by atoms with E-state index in [2.05, 4.69) is 5.32 Å². The van der Waals surface area contributed by atoms with Crippen molar-refractivity contribution in [2.75, 3.05) is 17.3 Å². The number of halogens is 1. The predicted molar refractivity (Wildman–Crippen MR) is 83.9 cm³/mol. The van der Waals surface area contributed by atoms with Gasteiger partial charge in [-0.3, -0.25) is 9.59 Å². The lowest BCUT2D eigenvalue weighted by Crippen LogP contribution is -2.34. The highest BCUT2D eigenvalue weighted by Crippen LogP contribution is 2.26. The standard InChI is InChI=1S/C17H15FN2O3/c1-23-14-7-5-13(6-8-14)20-16(21)10-15(17(20)22)19-12-4-2-3-11(18)9-12/h2-9,15,19H,10H2,1H3. The van der Waals surface area contributed by atoms with Crippen molar-refractivity contribution in [3.8, 4) is 5.75 Å². The van der Waals surface area contributed by atoms with Crippen LogP contribution in [-0.2, 0) is 9.59 Å². The van der Waals surface area contributed by atoms with E-state index in [1.54, 1.807) is 43.5 Å². The first-order valence-corrected chi connectivity index (χ1v) is 7.11. The lowest BCUT2D eigenvalue weighted by atomic mass is 10.2. The Balaban J connectivity index is 1.79. The highest BCUT2D eigenvalue weighted by Gasteiger charge is 2.39. The molecule has 1 aliphatic rings. The molecule has 1 heterocycles. The van der Waals surface area contributed by atoms with Crippen molar-refractivity contribution < 1.29 is 18.7 Å². The number of nitrogens with zero attached hydrogens (tertiary/aromatic N) is 1. The normalized spacial score (nSPS) is 17.5. The molecular formula is C17H15FN2O3. The van der Waals surface area contributed by atoms with Gasteiger partial charge in [-0.2, -0.15) is 0 Å². The Morgan fingerprint density at radius 1 is 1.17 bits per heavy atom. The molecule has 6 heteroatoms. The molecule has 118 valence electrons. The van der Waals surface area contributed by atoms with E-state index in [9.17, 15) is 14.0 Å². The van der Waals surface area contributed by atoms with Gasteiger partial charge >= 0.3 is 0 Å². The molecule has 3 rings (SSSR count). The van der Waals surface area contributed by atoms with Gasteiger partial charge in [0.15, 0.2) is 0 Å². The Labute approximate surface area is 132 Å². The second kappa shape index (κ2) is 6.08. The minimum absolute atomic E-state index is 0.0291. The lowest BCUT2D eigenvalue weighted by Gasteiger charge is -2.16. The van der Waals surface area contributed by atoms with Crippen molar-refractivity contribution in [1.82, 2.24) is 0 Å². The summed E-state index contributed by atoms with van der Waals surface area (Å²) in [5, 5.41) is 2.91. The molecule has 0 radical (unpaired) electrons. The Kier molecular flexibility index (Phi) is 3.97. The molecule has 0 aromatic heterocycles. The largest absolute Gasteiger partial charge is 0.497 e. The van der Waals surface area contributed by atoms with E-state index in [4.69, 9.17) is 4.74 Å². The smallest absolute Gasteiger partial charge is 0.256 e. The molecule has 1 saturated heterocycles. The lowest BCUT2D eigenvalue weighted by molar-refractivity contribution is -0.121. The van der Waals surface area contributed by atoms with Crippen LogP contribution in [0.15, 0.2) is 48.5 Å². The zero-order valence-corrected chi connectivity index (χ0v) is 12.5. The van der Waals surface area contributed by atoms with Gasteiger partial charge in [0, 0.05) is 5.69 Å². The second-order valence-electron chi connectivity index (χ2n) is 5.18. The fraction of sp³-hybridized carbons (Fsp3) is 0.176. The predicted octanol–water partition coefficient (Wildman–Crippen LogP) is 2.58. The number of benzene rings is 2. The van der Waals surface area contributed by atoms with Gasteiger partial charge in [0.1, 0.15) is 17.6 Å². The molecule has 1 aliphatic heterocycles. The number of imide groups is 1. The first-order valence-electron chi connectivity index (χ1n) is 7.11. The number of rotatable bonds is 4. The van der Waals surface area contributed by atoms with Crippen LogP contribution in [0, 0.1) is 5.82 Å². The van der Waals surface area contributed by atoms with Gasteiger partial charge in [0.05, 0.1) is 19.2 Å². The zero-order chi connectivity index (χ0) is 16.4. The van der Waals surface area contributed by atoms with Gasteiger partial charge in [-0.25, -0.2) is 9.29 Å². The number of hydrogen-bond donors (Lipinski definition) is 1. The van der Waals surface area contributed by atoms with Crippen LogP contribution >= 0.6 is 0 Å². The molecular weight excluding hydrogens is 299 g/mol. The zero-order valence-electron chi connectivity index (χ0n) is 12.5. The van der Waals surface area contributed by atoms with Crippen LogP contribution in [0.1, 0.15) is 6.42 Å². The minimum Gasteiger partial charge on any atom is -0.497 e. The molecule has 2 aromatic rings. The van der Waals surface area contributed by atoms with Crippen LogP contribution in [-0.4, -0.2) is 25.0 Å². The maximum absolute atomic E-state index is 13.2. The molecule has 0 bridgehead atoms. The van der Waals surface area contributed by atoms with Crippen LogP contribution in [0.4, 0.5) is 15.8 Å². The van der Waals surface area contributed by atoms with E-state index in [0.29, 0.717) is 17.1 Å². The molecule has 0 saturated carbocycles. The average Bonchev–Trinajstić information content (AvgIpc) is 2.81. The monoisotopic (exact) mass is 314 g/mol. The number of ether oxygens (including phenoxy) is 1. The Hall–Kier alpha value is -2.89. The third-order valence-electron chi connectivity index (χ3n) is 3.64. The van der Waals surface area contributed by atoms with Crippen LogP contribution in [0.25, 0.3) is 0 Å². The van der Waals surface area contributed by atoms with Crippen LogP contribution < -0.4 is 15.0 Å². The molecule has 2 aromatic carbocycles. The summed E-state index contributed by atoms with van der Waals surface area (Å²) >= 11 is 0. The highest BCUT2D eigenvalue weighted by molar-refractivity contribution is 6.23. The first-order chi connectivity index (χ1) is 11.1. The number of carbonyl (C=O) groups excluding carboxylic acids is 2. The third-order valence-corrected chi connectivity index (χ3v) is 3.64. The van der Waals surface area contributed by atoms with Gasteiger partial charge in [-0.05, 0) is 42.5 Å². The molecule has 5 nitrogen and oxygen atoms in total. The van der Waals surface area contributed by atoms with Crippen molar-refractivity contribution in [1.29, 1.82) is 0 Å². The fourth-order valence-corrected chi connectivity index (χ4v) is 2.53. The molecule has 0 aliphatic carbocycles. The van der Waals surface area contributed by atoms with Crippen molar-refractivity contribution in [3.05, 3.63) is 54.3 Å². The molecule has 23 heavy (non-hydrogen) atoms. The van der Waals surface area contributed by atoms with Crippen molar-refractivity contribution >= 4 is 23.2 Å². The summed E-state index contributed by atoms with van der Waals surface area (Å²) in [6, 6.07) is 11.8. The van der Waals surface area contributed by atoms with Crippen LogP contribution in [0.5, 0.6) is 5.75 Å². The first kappa shape index (κ1) is 15.0. The Bertz CT molecular complexity index is 746. The number of nitrogens with one attached hydrogen (secondary N) is 1. The van der Waals surface area contributed by atoms with E-state index in [1.807, 2.05) is 0 Å². The minimum atomic E-state index is -0.702. The number of anilines is 2. The maximum Gasteiger partial charge on any atom is 0.256 e. The Morgan fingerprint density at radius 2 is 1.91 bits per heavy atom. The van der Waals surface area contributed by atoms with Gasteiger partial charge < -0.3 is 10.1 Å². The van der Waals surface area contributed by atoms with Gasteiger partial charge in [0.25, 0.3) is 5.91 Å². The number of amides is 2. The summed E-state index contributed by atoms with van der Waals surface area (Å²) in [5.41, 5.74) is 0.956. The maximum atomic E-state index is 13.2. The van der Waals surface area contributed by atoms with E-state index in [-0.39, 0.29) is 18.2 Å². The molecule has 0 spiro atoms. The average molecular weight is 314 g/mol. The summed E-state index contributed by atoms with van der Waals surface area (Å²) in [5.74, 6) is -0.417. The SMILES string of the molecule is COc1ccc(N2C(=O)CC(Nc3cccc(F)c3)C2=O)cc1. The van der Waals surface area contributed by atoms with Crippen molar-refractivity contribution in [2.45, 2.75) is 12.5 Å². The molecule has 1 unspecified atom stereocenters.